The van der Waals surface area contributed by atoms with Crippen LogP contribution in [0.1, 0.15) is 40.0 Å². The van der Waals surface area contributed by atoms with Crippen LogP contribution in [0.15, 0.2) is 0 Å². The van der Waals surface area contributed by atoms with Gasteiger partial charge in [0.1, 0.15) is 0 Å². The first kappa shape index (κ1) is 13.3. The topological polar surface area (TPSA) is 49.6 Å². The molecular weight excluding hydrogens is 202 g/mol. The van der Waals surface area contributed by atoms with Gasteiger partial charge in [-0.25, -0.2) is 4.79 Å². The van der Waals surface area contributed by atoms with Crippen LogP contribution in [0, 0.1) is 0 Å². The number of carbonyl (C=O) groups excluding carboxylic acids is 1. The van der Waals surface area contributed by atoms with E-state index in [9.17, 15) is 4.79 Å². The summed E-state index contributed by atoms with van der Waals surface area (Å²) in [7, 11) is 1.90. The van der Waals surface area contributed by atoms with Crippen molar-refractivity contribution in [3.05, 3.63) is 0 Å². The molecule has 0 spiro atoms. The van der Waals surface area contributed by atoms with Crippen molar-refractivity contribution in [2.24, 2.45) is 5.73 Å². The molecule has 1 saturated heterocycles. The molecular formula is C12H25N3O. The maximum Gasteiger partial charge on any atom is 0.320 e. The molecule has 0 aromatic carbocycles. The van der Waals surface area contributed by atoms with E-state index in [0.717, 1.165) is 25.8 Å². The van der Waals surface area contributed by atoms with Crippen LogP contribution in [-0.2, 0) is 0 Å². The first-order chi connectivity index (χ1) is 7.44. The number of rotatable bonds is 5. The summed E-state index contributed by atoms with van der Waals surface area (Å²) in [4.78, 5) is 16.0. The molecule has 0 saturated carbocycles. The molecule has 16 heavy (non-hydrogen) atoms. The summed E-state index contributed by atoms with van der Waals surface area (Å²) in [6, 6.07) is 0.520. The van der Waals surface area contributed by atoms with Crippen molar-refractivity contribution < 1.29 is 4.79 Å². The SMILES string of the molecule is CCCC1CN(C(C)(C)CCN)C(=O)N1C. The van der Waals surface area contributed by atoms with E-state index in [1.807, 2.05) is 16.8 Å². The predicted molar refractivity (Wildman–Crippen MR) is 66.3 cm³/mol. The fourth-order valence-electron chi connectivity index (χ4n) is 2.37. The minimum atomic E-state index is -0.122. The van der Waals surface area contributed by atoms with E-state index in [0.29, 0.717) is 12.6 Å². The lowest BCUT2D eigenvalue weighted by molar-refractivity contribution is 0.145. The Hall–Kier alpha value is -0.770. The second kappa shape index (κ2) is 5.04. The number of urea groups is 1. The molecule has 1 rings (SSSR count). The molecule has 0 aliphatic carbocycles. The first-order valence-corrected chi connectivity index (χ1v) is 6.18. The standard InChI is InChI=1S/C12H25N3O/c1-5-6-10-9-15(11(16)14(10)4)12(2,3)7-8-13/h10H,5-9,13H2,1-4H3. The minimum absolute atomic E-state index is 0.122. The molecule has 4 nitrogen and oxygen atoms in total. The van der Waals surface area contributed by atoms with E-state index < -0.39 is 0 Å². The Morgan fingerprint density at radius 1 is 1.50 bits per heavy atom. The lowest BCUT2D eigenvalue weighted by atomic mass is 9.98. The van der Waals surface area contributed by atoms with Crippen molar-refractivity contribution in [2.45, 2.75) is 51.6 Å². The fraction of sp³-hybridized carbons (Fsp3) is 0.917. The lowest BCUT2D eigenvalue weighted by Gasteiger charge is -2.34. The highest BCUT2D eigenvalue weighted by Gasteiger charge is 2.41. The molecule has 0 aromatic heterocycles. The molecule has 94 valence electrons. The van der Waals surface area contributed by atoms with Gasteiger partial charge in [-0.1, -0.05) is 13.3 Å². The summed E-state index contributed by atoms with van der Waals surface area (Å²) in [5.74, 6) is 0. The monoisotopic (exact) mass is 227 g/mol. The summed E-state index contributed by atoms with van der Waals surface area (Å²) < 4.78 is 0. The van der Waals surface area contributed by atoms with Gasteiger partial charge in [0.2, 0.25) is 0 Å². The molecule has 0 bridgehead atoms. The number of nitrogens with zero attached hydrogens (tertiary/aromatic N) is 2. The molecule has 1 aliphatic rings. The van der Waals surface area contributed by atoms with Crippen LogP contribution < -0.4 is 5.73 Å². The second-order valence-electron chi connectivity index (χ2n) is 5.30. The Bertz CT molecular complexity index is 253. The lowest BCUT2D eigenvalue weighted by Crippen LogP contribution is -2.47. The Labute approximate surface area is 98.8 Å². The molecule has 0 radical (unpaired) electrons. The van der Waals surface area contributed by atoms with Crippen LogP contribution >= 0.6 is 0 Å². The maximum absolute atomic E-state index is 12.1. The van der Waals surface area contributed by atoms with E-state index in [1.165, 1.54) is 0 Å². The third-order valence-electron chi connectivity index (χ3n) is 3.58. The number of carbonyl (C=O) groups is 1. The third-order valence-corrected chi connectivity index (χ3v) is 3.58. The zero-order valence-corrected chi connectivity index (χ0v) is 11.0. The van der Waals surface area contributed by atoms with E-state index in [1.54, 1.807) is 0 Å². The van der Waals surface area contributed by atoms with Gasteiger partial charge in [0.05, 0.1) is 6.04 Å². The maximum atomic E-state index is 12.1. The van der Waals surface area contributed by atoms with Crippen LogP contribution in [-0.4, -0.2) is 47.5 Å². The van der Waals surface area contributed by atoms with E-state index in [2.05, 4.69) is 20.8 Å². The average Bonchev–Trinajstić information content (AvgIpc) is 2.47. The molecule has 2 amide bonds. The Morgan fingerprint density at radius 2 is 2.12 bits per heavy atom. The van der Waals surface area contributed by atoms with Crippen LogP contribution in [0.25, 0.3) is 0 Å². The van der Waals surface area contributed by atoms with Crippen LogP contribution in [0.4, 0.5) is 4.79 Å². The molecule has 1 unspecified atom stereocenters. The molecule has 4 heteroatoms. The Morgan fingerprint density at radius 3 is 2.62 bits per heavy atom. The van der Waals surface area contributed by atoms with Gasteiger partial charge in [-0.2, -0.15) is 0 Å². The van der Waals surface area contributed by atoms with Crippen LogP contribution in [0.3, 0.4) is 0 Å². The fourth-order valence-corrected chi connectivity index (χ4v) is 2.37. The molecule has 2 N–H and O–H groups in total. The molecule has 1 aliphatic heterocycles. The quantitative estimate of drug-likeness (QED) is 0.776. The predicted octanol–water partition coefficient (Wildman–Crippen LogP) is 1.65. The summed E-state index contributed by atoms with van der Waals surface area (Å²) >= 11 is 0. The molecule has 1 atom stereocenters. The highest BCUT2D eigenvalue weighted by Crippen LogP contribution is 2.27. The van der Waals surface area contributed by atoms with Crippen LogP contribution in [0.5, 0.6) is 0 Å². The van der Waals surface area contributed by atoms with Gasteiger partial charge in [0, 0.05) is 19.1 Å². The number of hydrogen-bond acceptors (Lipinski definition) is 2. The summed E-state index contributed by atoms with van der Waals surface area (Å²) in [5, 5.41) is 0. The highest BCUT2D eigenvalue weighted by molar-refractivity contribution is 5.77. The van der Waals surface area contributed by atoms with Crippen molar-refractivity contribution in [1.29, 1.82) is 0 Å². The van der Waals surface area contributed by atoms with Gasteiger partial charge in [0.25, 0.3) is 0 Å². The van der Waals surface area contributed by atoms with Crippen LogP contribution in [0.2, 0.25) is 0 Å². The molecule has 0 aromatic rings. The summed E-state index contributed by atoms with van der Waals surface area (Å²) in [5.41, 5.74) is 5.48. The van der Waals surface area contributed by atoms with Crippen molar-refractivity contribution in [3.63, 3.8) is 0 Å². The number of likely N-dealkylation sites (N-methyl/N-ethyl adjacent to an activating group) is 1. The van der Waals surface area contributed by atoms with Gasteiger partial charge >= 0.3 is 6.03 Å². The van der Waals surface area contributed by atoms with Gasteiger partial charge in [-0.05, 0) is 33.2 Å². The molecule has 1 fully saturated rings. The van der Waals surface area contributed by atoms with Gasteiger partial charge in [-0.15, -0.1) is 0 Å². The van der Waals surface area contributed by atoms with Crippen molar-refractivity contribution in [3.8, 4) is 0 Å². The van der Waals surface area contributed by atoms with Crippen molar-refractivity contribution in [1.82, 2.24) is 9.80 Å². The number of nitrogens with two attached hydrogens (primary N) is 1. The minimum Gasteiger partial charge on any atom is -0.330 e. The molecule has 1 heterocycles. The highest BCUT2D eigenvalue weighted by atomic mass is 16.2. The zero-order chi connectivity index (χ0) is 12.3. The van der Waals surface area contributed by atoms with Gasteiger partial charge in [0.15, 0.2) is 0 Å². The normalized spacial score (nSPS) is 22.1. The second-order valence-corrected chi connectivity index (χ2v) is 5.30. The zero-order valence-electron chi connectivity index (χ0n) is 11.0. The first-order valence-electron chi connectivity index (χ1n) is 6.18. The largest absolute Gasteiger partial charge is 0.330 e. The Balaban J connectivity index is 2.73. The van der Waals surface area contributed by atoms with Crippen molar-refractivity contribution in [2.75, 3.05) is 20.1 Å². The van der Waals surface area contributed by atoms with E-state index in [-0.39, 0.29) is 11.6 Å². The summed E-state index contributed by atoms with van der Waals surface area (Å²) in [6.07, 6.45) is 3.05. The van der Waals surface area contributed by atoms with Gasteiger partial charge in [-0.3, -0.25) is 0 Å². The van der Waals surface area contributed by atoms with E-state index >= 15 is 0 Å². The Kier molecular flexibility index (Phi) is 4.19. The number of hydrogen-bond donors (Lipinski definition) is 1. The van der Waals surface area contributed by atoms with Crippen molar-refractivity contribution >= 4 is 6.03 Å². The van der Waals surface area contributed by atoms with E-state index in [4.69, 9.17) is 5.73 Å². The average molecular weight is 227 g/mol. The smallest absolute Gasteiger partial charge is 0.320 e. The summed E-state index contributed by atoms with van der Waals surface area (Å²) in [6.45, 7) is 7.82. The third kappa shape index (κ3) is 2.48. The number of amides is 2. The van der Waals surface area contributed by atoms with Gasteiger partial charge < -0.3 is 15.5 Å².